The number of amides is 2. The maximum Gasteiger partial charge on any atom is 0.259 e. The Morgan fingerprint density at radius 2 is 1.73 bits per heavy atom. The molecular weight excluding hydrogens is 338 g/mol. The standard InChI is InChI=1S/C20H34F2N2O2/c1-14(23-16(25)6-9-19(4)10-11-19)15-7-12-24(13-8-15)17(26)18(2,3)20(5,21)22/h14-15H,6-13H2,1-5H3,(H,23,25)/t14-/m1/s1. The van der Waals surface area contributed by atoms with E-state index in [1.807, 2.05) is 6.92 Å². The first-order chi connectivity index (χ1) is 11.9. The van der Waals surface area contributed by atoms with Crippen LogP contribution in [0.4, 0.5) is 8.78 Å². The van der Waals surface area contributed by atoms with Crippen molar-refractivity contribution in [1.82, 2.24) is 10.2 Å². The predicted octanol–water partition coefficient (Wildman–Crippen LogP) is 3.99. The Hall–Kier alpha value is -1.20. The van der Waals surface area contributed by atoms with Crippen LogP contribution in [0.3, 0.4) is 0 Å². The first-order valence-corrected chi connectivity index (χ1v) is 9.82. The molecule has 0 bridgehead atoms. The highest BCUT2D eigenvalue weighted by Gasteiger charge is 2.50. The summed E-state index contributed by atoms with van der Waals surface area (Å²) in [4.78, 5) is 26.2. The summed E-state index contributed by atoms with van der Waals surface area (Å²) < 4.78 is 27.4. The van der Waals surface area contributed by atoms with Crippen LogP contribution in [0, 0.1) is 16.7 Å². The van der Waals surface area contributed by atoms with Crippen molar-refractivity contribution >= 4 is 11.8 Å². The lowest BCUT2D eigenvalue weighted by atomic mass is 9.83. The molecule has 6 heteroatoms. The molecule has 0 aromatic heterocycles. The largest absolute Gasteiger partial charge is 0.353 e. The van der Waals surface area contributed by atoms with Crippen LogP contribution in [0.1, 0.15) is 73.1 Å². The molecule has 1 N–H and O–H groups in total. The van der Waals surface area contributed by atoms with Gasteiger partial charge in [0.25, 0.3) is 5.92 Å². The molecule has 0 spiro atoms. The maximum atomic E-state index is 13.7. The molecule has 1 heterocycles. The normalized spacial score (nSPS) is 22.0. The van der Waals surface area contributed by atoms with Crippen LogP contribution in [0.2, 0.25) is 0 Å². The smallest absolute Gasteiger partial charge is 0.259 e. The van der Waals surface area contributed by atoms with Gasteiger partial charge in [0.2, 0.25) is 11.8 Å². The first kappa shape index (κ1) is 21.1. The Labute approximate surface area is 156 Å². The Balaban J connectivity index is 1.78. The van der Waals surface area contributed by atoms with Crippen molar-refractivity contribution in [3.05, 3.63) is 0 Å². The second-order valence-electron chi connectivity index (χ2n) is 9.31. The van der Waals surface area contributed by atoms with Crippen molar-refractivity contribution < 1.29 is 18.4 Å². The van der Waals surface area contributed by atoms with Gasteiger partial charge >= 0.3 is 0 Å². The van der Waals surface area contributed by atoms with E-state index in [0.29, 0.717) is 24.9 Å². The number of carbonyl (C=O) groups excluding carboxylic acids is 2. The van der Waals surface area contributed by atoms with Crippen molar-refractivity contribution in [3.8, 4) is 0 Å². The molecule has 4 nitrogen and oxygen atoms in total. The number of nitrogens with one attached hydrogen (secondary N) is 1. The number of halogens is 2. The van der Waals surface area contributed by atoms with Crippen LogP contribution in [0.25, 0.3) is 0 Å². The van der Waals surface area contributed by atoms with Gasteiger partial charge in [-0.2, -0.15) is 0 Å². The van der Waals surface area contributed by atoms with E-state index in [1.54, 1.807) is 4.90 Å². The summed E-state index contributed by atoms with van der Waals surface area (Å²) in [5.74, 6) is -3.17. The van der Waals surface area contributed by atoms with E-state index >= 15 is 0 Å². The highest BCUT2D eigenvalue weighted by Crippen LogP contribution is 2.48. The SMILES string of the molecule is C[C@@H](NC(=O)CCC1(C)CC1)C1CCN(C(=O)C(C)(C)C(C)(F)F)CC1. The van der Waals surface area contributed by atoms with Crippen LogP contribution in [0.15, 0.2) is 0 Å². The fourth-order valence-electron chi connectivity index (χ4n) is 3.51. The van der Waals surface area contributed by atoms with Gasteiger partial charge in [0.05, 0.1) is 0 Å². The zero-order valence-electron chi connectivity index (χ0n) is 16.8. The number of likely N-dealkylation sites (tertiary alicyclic amines) is 1. The Bertz CT molecular complexity index is 530. The van der Waals surface area contributed by atoms with E-state index in [-0.39, 0.29) is 17.9 Å². The quantitative estimate of drug-likeness (QED) is 0.734. The van der Waals surface area contributed by atoms with E-state index < -0.39 is 17.2 Å². The summed E-state index contributed by atoms with van der Waals surface area (Å²) in [6, 6.07) is 0.0485. The molecule has 0 unspecified atom stereocenters. The van der Waals surface area contributed by atoms with Gasteiger partial charge in [-0.25, -0.2) is 8.78 Å². The molecule has 1 saturated heterocycles. The molecule has 1 aliphatic carbocycles. The van der Waals surface area contributed by atoms with Crippen molar-refractivity contribution in [2.24, 2.45) is 16.7 Å². The van der Waals surface area contributed by atoms with Crippen LogP contribution >= 0.6 is 0 Å². The summed E-state index contributed by atoms with van der Waals surface area (Å²) >= 11 is 0. The van der Waals surface area contributed by atoms with E-state index in [4.69, 9.17) is 0 Å². The fraction of sp³-hybridized carbons (Fsp3) is 0.900. The molecule has 1 saturated carbocycles. The monoisotopic (exact) mass is 372 g/mol. The first-order valence-electron chi connectivity index (χ1n) is 9.82. The van der Waals surface area contributed by atoms with E-state index in [2.05, 4.69) is 12.2 Å². The number of nitrogens with zero attached hydrogens (tertiary/aromatic N) is 1. The van der Waals surface area contributed by atoms with Crippen molar-refractivity contribution in [2.45, 2.75) is 85.1 Å². The van der Waals surface area contributed by atoms with E-state index in [1.165, 1.54) is 26.7 Å². The van der Waals surface area contributed by atoms with Gasteiger partial charge in [-0.05, 0) is 64.2 Å². The molecule has 2 amide bonds. The van der Waals surface area contributed by atoms with Crippen molar-refractivity contribution in [1.29, 1.82) is 0 Å². The van der Waals surface area contributed by atoms with Gasteiger partial charge in [-0.3, -0.25) is 9.59 Å². The highest BCUT2D eigenvalue weighted by molar-refractivity contribution is 5.83. The molecular formula is C20H34F2N2O2. The van der Waals surface area contributed by atoms with Gasteiger partial charge in [-0.15, -0.1) is 0 Å². The summed E-state index contributed by atoms with van der Waals surface area (Å²) in [6.07, 6.45) is 5.41. The second kappa shape index (κ2) is 7.43. The van der Waals surface area contributed by atoms with Crippen molar-refractivity contribution in [3.63, 3.8) is 0 Å². The molecule has 0 aromatic carbocycles. The number of rotatable bonds is 7. The minimum Gasteiger partial charge on any atom is -0.353 e. The molecule has 2 rings (SSSR count). The average Bonchev–Trinajstić information content (AvgIpc) is 3.29. The lowest BCUT2D eigenvalue weighted by Crippen LogP contribution is -2.52. The Morgan fingerprint density at radius 1 is 1.19 bits per heavy atom. The third kappa shape index (κ3) is 4.95. The maximum absolute atomic E-state index is 13.7. The fourth-order valence-corrected chi connectivity index (χ4v) is 3.51. The molecule has 150 valence electrons. The van der Waals surface area contributed by atoms with Gasteiger partial charge in [0, 0.05) is 32.5 Å². The molecule has 0 radical (unpaired) electrons. The predicted molar refractivity (Wildman–Crippen MR) is 97.9 cm³/mol. The topological polar surface area (TPSA) is 49.4 Å². The zero-order chi connectivity index (χ0) is 19.8. The van der Waals surface area contributed by atoms with Gasteiger partial charge in [0.1, 0.15) is 5.41 Å². The molecule has 2 aliphatic rings. The summed E-state index contributed by atoms with van der Waals surface area (Å²) in [6.45, 7) is 8.59. The molecule has 26 heavy (non-hydrogen) atoms. The third-order valence-electron chi connectivity index (χ3n) is 6.61. The number of alkyl halides is 2. The number of piperidine rings is 1. The number of carbonyl (C=O) groups is 2. The summed E-state index contributed by atoms with van der Waals surface area (Å²) in [5, 5.41) is 3.09. The lowest BCUT2D eigenvalue weighted by Gasteiger charge is -2.40. The molecule has 1 atom stereocenters. The van der Waals surface area contributed by atoms with Crippen LogP contribution in [0.5, 0.6) is 0 Å². The third-order valence-corrected chi connectivity index (χ3v) is 6.61. The number of hydrogen-bond acceptors (Lipinski definition) is 2. The Morgan fingerprint density at radius 3 is 2.19 bits per heavy atom. The van der Waals surface area contributed by atoms with Crippen LogP contribution < -0.4 is 5.32 Å². The summed E-state index contributed by atoms with van der Waals surface area (Å²) in [7, 11) is 0. The molecule has 2 fully saturated rings. The van der Waals surface area contributed by atoms with Gasteiger partial charge in [0.15, 0.2) is 0 Å². The average molecular weight is 373 g/mol. The van der Waals surface area contributed by atoms with Crippen LogP contribution in [-0.4, -0.2) is 41.8 Å². The summed E-state index contributed by atoms with van der Waals surface area (Å²) in [5.41, 5.74) is -1.32. The van der Waals surface area contributed by atoms with Gasteiger partial charge in [-0.1, -0.05) is 6.92 Å². The van der Waals surface area contributed by atoms with Crippen molar-refractivity contribution in [2.75, 3.05) is 13.1 Å². The van der Waals surface area contributed by atoms with Crippen LogP contribution in [-0.2, 0) is 9.59 Å². The number of hydrogen-bond donors (Lipinski definition) is 1. The highest BCUT2D eigenvalue weighted by atomic mass is 19.3. The minimum absolute atomic E-state index is 0.0485. The molecule has 1 aliphatic heterocycles. The molecule has 0 aromatic rings. The van der Waals surface area contributed by atoms with Gasteiger partial charge < -0.3 is 10.2 Å². The van der Waals surface area contributed by atoms with E-state index in [0.717, 1.165) is 26.2 Å². The lowest BCUT2D eigenvalue weighted by molar-refractivity contribution is -0.164. The zero-order valence-corrected chi connectivity index (χ0v) is 16.8. The second-order valence-corrected chi connectivity index (χ2v) is 9.31. The van der Waals surface area contributed by atoms with E-state index in [9.17, 15) is 18.4 Å². The Kier molecular flexibility index (Phi) is 6.03. The minimum atomic E-state index is -3.06.